The molecule has 0 spiro atoms. The molecular formula is C23H27N3O2S. The highest BCUT2D eigenvalue weighted by Gasteiger charge is 2.13. The minimum atomic E-state index is -0.107. The van der Waals surface area contributed by atoms with Crippen LogP contribution in [0, 0.1) is 6.92 Å². The Morgan fingerprint density at radius 3 is 2.72 bits per heavy atom. The van der Waals surface area contributed by atoms with Gasteiger partial charge in [0.2, 0.25) is 0 Å². The van der Waals surface area contributed by atoms with Crippen molar-refractivity contribution in [1.82, 2.24) is 15.2 Å². The zero-order valence-corrected chi connectivity index (χ0v) is 17.5. The van der Waals surface area contributed by atoms with Crippen molar-refractivity contribution in [3.63, 3.8) is 0 Å². The van der Waals surface area contributed by atoms with Crippen LogP contribution in [0.5, 0.6) is 0 Å². The lowest BCUT2D eigenvalue weighted by Gasteiger charge is -2.25. The van der Waals surface area contributed by atoms with E-state index in [1.54, 1.807) is 0 Å². The number of thiocarbonyl (C=S) groups is 1. The summed E-state index contributed by atoms with van der Waals surface area (Å²) < 4.78 is 0. The minimum Gasteiger partial charge on any atom is -0.396 e. The Hall–Kier alpha value is -2.70. The van der Waals surface area contributed by atoms with Gasteiger partial charge in [0, 0.05) is 30.8 Å². The van der Waals surface area contributed by atoms with Gasteiger partial charge in [0.05, 0.1) is 6.54 Å². The first-order valence-corrected chi connectivity index (χ1v) is 10.3. The van der Waals surface area contributed by atoms with E-state index in [0.717, 1.165) is 22.9 Å². The number of aryl methyl sites for hydroxylation is 1. The number of aliphatic hydroxyl groups is 1. The van der Waals surface area contributed by atoms with E-state index in [-0.39, 0.29) is 12.2 Å². The monoisotopic (exact) mass is 409 g/mol. The third-order valence-corrected chi connectivity index (χ3v) is 5.25. The van der Waals surface area contributed by atoms with Crippen molar-refractivity contribution in [3.05, 3.63) is 81.6 Å². The average Bonchev–Trinajstić information content (AvgIpc) is 2.72. The van der Waals surface area contributed by atoms with Gasteiger partial charge in [-0.2, -0.15) is 0 Å². The molecule has 6 heteroatoms. The molecule has 1 aromatic heterocycles. The normalized spacial score (nSPS) is 10.8. The van der Waals surface area contributed by atoms with Gasteiger partial charge in [-0.15, -0.1) is 0 Å². The topological polar surface area (TPSA) is 68.4 Å². The van der Waals surface area contributed by atoms with Crippen LogP contribution in [-0.2, 0) is 13.0 Å². The summed E-state index contributed by atoms with van der Waals surface area (Å²) in [5.41, 5.74) is 3.74. The molecule has 0 radical (unpaired) electrons. The highest BCUT2D eigenvalue weighted by atomic mass is 32.1. The van der Waals surface area contributed by atoms with Crippen molar-refractivity contribution in [3.8, 4) is 0 Å². The first-order chi connectivity index (χ1) is 14.1. The van der Waals surface area contributed by atoms with Gasteiger partial charge in [-0.05, 0) is 60.6 Å². The summed E-state index contributed by atoms with van der Waals surface area (Å²) in [6, 6.07) is 18.2. The van der Waals surface area contributed by atoms with E-state index in [2.05, 4.69) is 22.4 Å². The molecule has 1 heterocycles. The fourth-order valence-corrected chi connectivity index (χ4v) is 3.53. The summed E-state index contributed by atoms with van der Waals surface area (Å²) in [5.74, 6) is 0. The maximum atomic E-state index is 12.6. The van der Waals surface area contributed by atoms with E-state index in [1.165, 1.54) is 5.56 Å². The van der Waals surface area contributed by atoms with Crippen LogP contribution in [0.4, 0.5) is 0 Å². The van der Waals surface area contributed by atoms with E-state index in [0.29, 0.717) is 36.7 Å². The number of pyridine rings is 1. The fraction of sp³-hybridized carbons (Fsp3) is 0.304. The van der Waals surface area contributed by atoms with Crippen LogP contribution >= 0.6 is 12.2 Å². The third-order valence-electron chi connectivity index (χ3n) is 4.85. The van der Waals surface area contributed by atoms with Gasteiger partial charge >= 0.3 is 0 Å². The van der Waals surface area contributed by atoms with Crippen molar-refractivity contribution >= 4 is 28.2 Å². The van der Waals surface area contributed by atoms with Crippen molar-refractivity contribution in [2.75, 3.05) is 19.7 Å². The molecule has 3 N–H and O–H groups in total. The first-order valence-electron chi connectivity index (χ1n) is 9.87. The number of fused-ring (bicyclic) bond motifs is 1. The van der Waals surface area contributed by atoms with Crippen molar-refractivity contribution in [1.29, 1.82) is 0 Å². The highest BCUT2D eigenvalue weighted by Crippen LogP contribution is 2.14. The zero-order valence-electron chi connectivity index (χ0n) is 16.6. The molecule has 0 aliphatic carbocycles. The van der Waals surface area contributed by atoms with Crippen LogP contribution in [0.2, 0.25) is 0 Å². The second kappa shape index (κ2) is 10.2. The van der Waals surface area contributed by atoms with Gasteiger partial charge in [-0.25, -0.2) is 0 Å². The molecule has 5 nitrogen and oxygen atoms in total. The molecular weight excluding hydrogens is 382 g/mol. The fourth-order valence-electron chi connectivity index (χ4n) is 3.27. The molecule has 3 aromatic rings. The minimum absolute atomic E-state index is 0.0798. The SMILES string of the molecule is Cc1ccc2cc(CN(CCCO)C(=S)NCCc3ccccc3)c(=O)[nH]c2c1. The number of benzene rings is 2. The molecule has 0 bridgehead atoms. The van der Waals surface area contributed by atoms with Crippen LogP contribution in [-0.4, -0.2) is 39.8 Å². The van der Waals surface area contributed by atoms with E-state index in [9.17, 15) is 9.90 Å². The number of aromatic nitrogens is 1. The average molecular weight is 410 g/mol. The van der Waals surface area contributed by atoms with Gasteiger partial charge < -0.3 is 20.3 Å². The molecule has 2 aromatic carbocycles. The molecule has 0 fully saturated rings. The van der Waals surface area contributed by atoms with Gasteiger partial charge in [-0.3, -0.25) is 4.79 Å². The second-order valence-corrected chi connectivity index (χ2v) is 7.57. The number of rotatable bonds is 8. The summed E-state index contributed by atoms with van der Waals surface area (Å²) in [6.07, 6.45) is 1.45. The number of nitrogens with one attached hydrogen (secondary N) is 2. The summed E-state index contributed by atoms with van der Waals surface area (Å²) in [6.45, 7) is 3.78. The lowest BCUT2D eigenvalue weighted by Crippen LogP contribution is -2.41. The smallest absolute Gasteiger partial charge is 0.253 e. The highest BCUT2D eigenvalue weighted by molar-refractivity contribution is 7.80. The largest absolute Gasteiger partial charge is 0.396 e. The first kappa shape index (κ1) is 21.0. The standard InChI is InChI=1S/C23H27N3O2S/c1-17-8-9-19-15-20(22(28)25-21(19)14-17)16-26(12-5-13-27)23(29)24-11-10-18-6-3-2-4-7-18/h2-4,6-9,14-15,27H,5,10-13,16H2,1H3,(H,24,29)(H,25,28). The van der Waals surface area contributed by atoms with Crippen molar-refractivity contribution in [2.24, 2.45) is 0 Å². The van der Waals surface area contributed by atoms with Crippen LogP contribution in [0.3, 0.4) is 0 Å². The number of aromatic amines is 1. The van der Waals surface area contributed by atoms with E-state index < -0.39 is 0 Å². The number of hydrogen-bond acceptors (Lipinski definition) is 3. The summed E-state index contributed by atoms with van der Waals surface area (Å²) in [7, 11) is 0. The number of nitrogens with zero attached hydrogens (tertiary/aromatic N) is 1. The summed E-state index contributed by atoms with van der Waals surface area (Å²) >= 11 is 5.58. The van der Waals surface area contributed by atoms with Crippen LogP contribution in [0.15, 0.2) is 59.4 Å². The van der Waals surface area contributed by atoms with E-state index >= 15 is 0 Å². The third kappa shape index (κ3) is 5.89. The van der Waals surface area contributed by atoms with Gasteiger partial charge in [0.1, 0.15) is 0 Å². The van der Waals surface area contributed by atoms with Crippen LogP contribution in [0.25, 0.3) is 10.9 Å². The Kier molecular flexibility index (Phi) is 7.38. The predicted molar refractivity (Wildman–Crippen MR) is 122 cm³/mol. The molecule has 152 valence electrons. The Bertz CT molecular complexity index is 1020. The van der Waals surface area contributed by atoms with Crippen molar-refractivity contribution < 1.29 is 5.11 Å². The molecule has 0 aliphatic heterocycles. The Labute approximate surface area is 176 Å². The van der Waals surface area contributed by atoms with Crippen LogP contribution in [0.1, 0.15) is 23.1 Å². The number of hydrogen-bond donors (Lipinski definition) is 3. The van der Waals surface area contributed by atoms with Crippen molar-refractivity contribution in [2.45, 2.75) is 26.3 Å². The lowest BCUT2D eigenvalue weighted by atomic mass is 10.1. The molecule has 0 aliphatic rings. The lowest BCUT2D eigenvalue weighted by molar-refractivity contribution is 0.264. The molecule has 0 amide bonds. The second-order valence-electron chi connectivity index (χ2n) is 7.18. The van der Waals surface area contributed by atoms with Gasteiger partial charge in [-0.1, -0.05) is 42.5 Å². The maximum absolute atomic E-state index is 12.6. The molecule has 0 atom stereocenters. The van der Waals surface area contributed by atoms with E-state index in [4.69, 9.17) is 12.2 Å². The maximum Gasteiger partial charge on any atom is 0.253 e. The zero-order chi connectivity index (χ0) is 20.6. The molecule has 0 saturated heterocycles. The van der Waals surface area contributed by atoms with Crippen LogP contribution < -0.4 is 10.9 Å². The van der Waals surface area contributed by atoms with Gasteiger partial charge in [0.15, 0.2) is 5.11 Å². The Morgan fingerprint density at radius 1 is 1.17 bits per heavy atom. The Morgan fingerprint density at radius 2 is 1.97 bits per heavy atom. The molecule has 29 heavy (non-hydrogen) atoms. The summed E-state index contributed by atoms with van der Waals surface area (Å²) in [4.78, 5) is 17.5. The van der Waals surface area contributed by atoms with E-state index in [1.807, 2.05) is 54.3 Å². The van der Waals surface area contributed by atoms with Gasteiger partial charge in [0.25, 0.3) is 5.56 Å². The quantitative estimate of drug-likeness (QED) is 0.499. The number of H-pyrrole nitrogens is 1. The Balaban J connectivity index is 1.70. The molecule has 0 unspecified atom stereocenters. The molecule has 3 rings (SSSR count). The molecule has 0 saturated carbocycles. The number of aliphatic hydroxyl groups excluding tert-OH is 1. The predicted octanol–water partition coefficient (Wildman–Crippen LogP) is 3.14. The summed E-state index contributed by atoms with van der Waals surface area (Å²) in [5, 5.41) is 14.1.